The van der Waals surface area contributed by atoms with E-state index >= 15 is 0 Å². The maximum Gasteiger partial charge on any atom is 0.0917 e. The molecule has 0 saturated heterocycles. The van der Waals surface area contributed by atoms with Gasteiger partial charge in [-0.05, 0) is 25.0 Å². The molecule has 2 aromatic rings. The normalized spacial score (nSPS) is 10.7. The number of rotatable bonds is 4. The van der Waals surface area contributed by atoms with Gasteiger partial charge in [0, 0.05) is 17.8 Å². The molecular weight excluding hydrogens is 184 g/mol. The minimum atomic E-state index is 1.04. The van der Waals surface area contributed by atoms with Crippen molar-refractivity contribution in [2.45, 2.75) is 32.6 Å². The number of aromatic nitrogens is 2. The second-order valence-electron chi connectivity index (χ2n) is 3.79. The average molecular weight is 200 g/mol. The van der Waals surface area contributed by atoms with Crippen LogP contribution >= 0.6 is 0 Å². The Hall–Kier alpha value is -1.44. The van der Waals surface area contributed by atoms with E-state index < -0.39 is 0 Å². The van der Waals surface area contributed by atoms with Crippen molar-refractivity contribution in [3.05, 3.63) is 36.3 Å². The highest BCUT2D eigenvalue weighted by Crippen LogP contribution is 2.15. The van der Waals surface area contributed by atoms with Crippen LogP contribution in [0.5, 0.6) is 0 Å². The topological polar surface area (TPSA) is 25.8 Å². The Labute approximate surface area is 90.4 Å². The molecule has 0 radical (unpaired) electrons. The molecule has 0 N–H and O–H groups in total. The average Bonchev–Trinajstić information content (AvgIpc) is 2.30. The van der Waals surface area contributed by atoms with E-state index in [1.54, 1.807) is 0 Å². The van der Waals surface area contributed by atoms with Gasteiger partial charge in [0.25, 0.3) is 0 Å². The van der Waals surface area contributed by atoms with Crippen LogP contribution in [0.4, 0.5) is 0 Å². The standard InChI is InChI=1S/C13H16N2/c1-2-3-4-7-12-13-11(8-10-14-12)6-5-9-15-13/h5-6,8-10H,2-4,7H2,1H3. The number of nitrogens with zero attached hydrogens (tertiary/aromatic N) is 2. The zero-order chi connectivity index (χ0) is 10.5. The van der Waals surface area contributed by atoms with E-state index in [1.807, 2.05) is 24.5 Å². The monoisotopic (exact) mass is 200 g/mol. The second-order valence-corrected chi connectivity index (χ2v) is 3.79. The number of hydrogen-bond donors (Lipinski definition) is 0. The predicted molar refractivity (Wildman–Crippen MR) is 62.8 cm³/mol. The maximum atomic E-state index is 4.42. The molecule has 0 aliphatic carbocycles. The Kier molecular flexibility index (Phi) is 3.28. The van der Waals surface area contributed by atoms with Gasteiger partial charge in [-0.3, -0.25) is 9.97 Å². The Morgan fingerprint density at radius 2 is 2.00 bits per heavy atom. The first-order valence-electron chi connectivity index (χ1n) is 5.60. The van der Waals surface area contributed by atoms with Crippen LogP contribution < -0.4 is 0 Å². The van der Waals surface area contributed by atoms with Crippen molar-refractivity contribution < 1.29 is 0 Å². The van der Waals surface area contributed by atoms with E-state index in [9.17, 15) is 0 Å². The van der Waals surface area contributed by atoms with Gasteiger partial charge in [-0.2, -0.15) is 0 Å². The second kappa shape index (κ2) is 4.87. The molecule has 0 unspecified atom stereocenters. The lowest BCUT2D eigenvalue weighted by molar-refractivity contribution is 0.709. The first-order chi connectivity index (χ1) is 7.42. The van der Waals surface area contributed by atoms with Crippen LogP contribution in [0, 0.1) is 0 Å². The molecule has 0 fully saturated rings. The third-order valence-corrected chi connectivity index (χ3v) is 2.61. The van der Waals surface area contributed by atoms with Gasteiger partial charge in [-0.15, -0.1) is 0 Å². The van der Waals surface area contributed by atoms with Crippen molar-refractivity contribution >= 4 is 10.9 Å². The summed E-state index contributed by atoms with van der Waals surface area (Å²) in [5, 5.41) is 1.19. The molecule has 2 aromatic heterocycles. The van der Waals surface area contributed by atoms with Crippen LogP contribution in [0.2, 0.25) is 0 Å². The van der Waals surface area contributed by atoms with Crippen molar-refractivity contribution in [3.63, 3.8) is 0 Å². The van der Waals surface area contributed by atoms with Gasteiger partial charge < -0.3 is 0 Å². The van der Waals surface area contributed by atoms with Crippen LogP contribution in [0.15, 0.2) is 30.6 Å². The predicted octanol–water partition coefficient (Wildman–Crippen LogP) is 3.36. The van der Waals surface area contributed by atoms with E-state index in [1.165, 1.54) is 24.6 Å². The number of fused-ring (bicyclic) bond motifs is 1. The van der Waals surface area contributed by atoms with Crippen molar-refractivity contribution in [1.29, 1.82) is 0 Å². The summed E-state index contributed by atoms with van der Waals surface area (Å²) in [4.78, 5) is 8.81. The minimum absolute atomic E-state index is 1.04. The summed E-state index contributed by atoms with van der Waals surface area (Å²) in [6, 6.07) is 6.08. The van der Waals surface area contributed by atoms with E-state index in [4.69, 9.17) is 0 Å². The van der Waals surface area contributed by atoms with Crippen molar-refractivity contribution in [2.24, 2.45) is 0 Å². The molecule has 2 heteroatoms. The Morgan fingerprint density at radius 1 is 1.07 bits per heavy atom. The Bertz CT molecular complexity index is 432. The minimum Gasteiger partial charge on any atom is -0.259 e. The summed E-state index contributed by atoms with van der Waals surface area (Å²) in [5.74, 6) is 0. The number of pyridine rings is 2. The fourth-order valence-electron chi connectivity index (χ4n) is 1.79. The summed E-state index contributed by atoms with van der Waals surface area (Å²) >= 11 is 0. The number of hydrogen-bond acceptors (Lipinski definition) is 2. The summed E-state index contributed by atoms with van der Waals surface area (Å²) in [6.07, 6.45) is 8.49. The molecule has 78 valence electrons. The van der Waals surface area contributed by atoms with Gasteiger partial charge in [0.2, 0.25) is 0 Å². The lowest BCUT2D eigenvalue weighted by atomic mass is 10.1. The summed E-state index contributed by atoms with van der Waals surface area (Å²) in [6.45, 7) is 2.22. The highest BCUT2D eigenvalue weighted by atomic mass is 14.7. The van der Waals surface area contributed by atoms with E-state index in [2.05, 4.69) is 23.0 Å². The first kappa shape index (κ1) is 10.1. The van der Waals surface area contributed by atoms with Gasteiger partial charge in [0.15, 0.2) is 0 Å². The van der Waals surface area contributed by atoms with Crippen LogP contribution in [0.25, 0.3) is 10.9 Å². The zero-order valence-corrected chi connectivity index (χ0v) is 9.11. The van der Waals surface area contributed by atoms with Gasteiger partial charge in [0.1, 0.15) is 0 Å². The van der Waals surface area contributed by atoms with Gasteiger partial charge in [0.05, 0.1) is 11.2 Å². The third kappa shape index (κ3) is 2.32. The summed E-state index contributed by atoms with van der Waals surface area (Å²) in [5.41, 5.74) is 2.21. The summed E-state index contributed by atoms with van der Waals surface area (Å²) in [7, 11) is 0. The number of unbranched alkanes of at least 4 members (excludes halogenated alkanes) is 2. The van der Waals surface area contributed by atoms with Gasteiger partial charge >= 0.3 is 0 Å². The Morgan fingerprint density at radius 3 is 2.87 bits per heavy atom. The molecule has 15 heavy (non-hydrogen) atoms. The molecule has 0 spiro atoms. The first-order valence-corrected chi connectivity index (χ1v) is 5.60. The molecule has 0 aliphatic heterocycles. The lowest BCUT2D eigenvalue weighted by Gasteiger charge is -2.03. The molecule has 2 rings (SSSR count). The molecule has 0 saturated carbocycles. The lowest BCUT2D eigenvalue weighted by Crippen LogP contribution is -1.93. The SMILES string of the molecule is CCCCCc1nccc2cccnc12. The third-order valence-electron chi connectivity index (χ3n) is 2.61. The van der Waals surface area contributed by atoms with E-state index in [0.29, 0.717) is 0 Å². The molecule has 0 atom stereocenters. The molecule has 2 heterocycles. The quantitative estimate of drug-likeness (QED) is 0.707. The van der Waals surface area contributed by atoms with Gasteiger partial charge in [-0.25, -0.2) is 0 Å². The van der Waals surface area contributed by atoms with Crippen LogP contribution in [0.1, 0.15) is 31.9 Å². The van der Waals surface area contributed by atoms with E-state index in [-0.39, 0.29) is 0 Å². The summed E-state index contributed by atoms with van der Waals surface area (Å²) < 4.78 is 0. The van der Waals surface area contributed by atoms with Gasteiger partial charge in [-0.1, -0.05) is 25.8 Å². The molecule has 2 nitrogen and oxygen atoms in total. The zero-order valence-electron chi connectivity index (χ0n) is 9.11. The largest absolute Gasteiger partial charge is 0.259 e. The van der Waals surface area contributed by atoms with Crippen molar-refractivity contribution in [2.75, 3.05) is 0 Å². The fraction of sp³-hybridized carbons (Fsp3) is 0.385. The fourth-order valence-corrected chi connectivity index (χ4v) is 1.79. The molecule has 0 amide bonds. The molecule has 0 bridgehead atoms. The van der Waals surface area contributed by atoms with E-state index in [0.717, 1.165) is 17.6 Å². The van der Waals surface area contributed by atoms with Crippen molar-refractivity contribution in [1.82, 2.24) is 9.97 Å². The molecule has 0 aliphatic rings. The smallest absolute Gasteiger partial charge is 0.0917 e. The maximum absolute atomic E-state index is 4.42. The van der Waals surface area contributed by atoms with Crippen LogP contribution in [-0.2, 0) is 6.42 Å². The molecule has 0 aromatic carbocycles. The van der Waals surface area contributed by atoms with Crippen molar-refractivity contribution in [3.8, 4) is 0 Å². The molecular formula is C13H16N2. The highest BCUT2D eigenvalue weighted by molar-refractivity contribution is 5.79. The number of aryl methyl sites for hydroxylation is 1. The van der Waals surface area contributed by atoms with Crippen LogP contribution in [-0.4, -0.2) is 9.97 Å². The Balaban J connectivity index is 2.26. The van der Waals surface area contributed by atoms with Crippen LogP contribution in [0.3, 0.4) is 0 Å². The highest BCUT2D eigenvalue weighted by Gasteiger charge is 2.02.